The van der Waals surface area contributed by atoms with Crippen LogP contribution in [0.4, 0.5) is 0 Å². The van der Waals surface area contributed by atoms with Gasteiger partial charge in [0.25, 0.3) is 11.8 Å². The molecule has 1 aliphatic rings. The topological polar surface area (TPSA) is 49.4 Å². The Balaban J connectivity index is 1.26. The number of aryl methyl sites for hydroxylation is 1. The van der Waals surface area contributed by atoms with Crippen LogP contribution in [0.3, 0.4) is 0 Å². The summed E-state index contributed by atoms with van der Waals surface area (Å²) in [6, 6.07) is 23.4. The van der Waals surface area contributed by atoms with E-state index in [1.165, 1.54) is 5.56 Å². The minimum absolute atomic E-state index is 0.0371. The van der Waals surface area contributed by atoms with Crippen molar-refractivity contribution < 1.29 is 9.59 Å². The van der Waals surface area contributed by atoms with Crippen molar-refractivity contribution in [1.29, 1.82) is 0 Å². The molecule has 0 saturated carbocycles. The maximum absolute atomic E-state index is 12.9. The Bertz CT molecular complexity index is 1110. The van der Waals surface area contributed by atoms with Crippen LogP contribution in [0.25, 0.3) is 0 Å². The fraction of sp³-hybridized carbons (Fsp3) is 0.259. The number of halogens is 1. The van der Waals surface area contributed by atoms with E-state index >= 15 is 0 Å². The summed E-state index contributed by atoms with van der Waals surface area (Å²) in [5.74, 6) is 0.850. The number of piperidine rings is 1. The van der Waals surface area contributed by atoms with Crippen LogP contribution in [0.1, 0.15) is 44.7 Å². The summed E-state index contributed by atoms with van der Waals surface area (Å²) in [6.07, 6.45) is 1.53. The Morgan fingerprint density at radius 2 is 1.64 bits per heavy atom. The first kappa shape index (κ1) is 23.4. The van der Waals surface area contributed by atoms with Gasteiger partial charge in [-0.2, -0.15) is 0 Å². The van der Waals surface area contributed by atoms with Gasteiger partial charge in [0.05, 0.1) is 0 Å². The van der Waals surface area contributed by atoms with Crippen molar-refractivity contribution in [3.63, 3.8) is 0 Å². The van der Waals surface area contributed by atoms with E-state index < -0.39 is 0 Å². The van der Waals surface area contributed by atoms with E-state index in [2.05, 4.69) is 5.32 Å². The van der Waals surface area contributed by atoms with Crippen molar-refractivity contribution in [3.8, 4) is 0 Å². The third kappa shape index (κ3) is 6.18. The maximum atomic E-state index is 12.9. The molecule has 0 spiro atoms. The summed E-state index contributed by atoms with van der Waals surface area (Å²) in [5.41, 5.74) is 3.56. The molecular formula is C27H27ClN2O2S. The minimum Gasteiger partial charge on any atom is -0.349 e. The molecule has 1 fully saturated rings. The molecular weight excluding hydrogens is 452 g/mol. The molecule has 3 aromatic carbocycles. The van der Waals surface area contributed by atoms with E-state index in [-0.39, 0.29) is 17.9 Å². The molecule has 0 bridgehead atoms. The Labute approximate surface area is 204 Å². The number of thioether (sulfide) groups is 1. The van der Waals surface area contributed by atoms with Crippen molar-refractivity contribution in [1.82, 2.24) is 10.2 Å². The van der Waals surface area contributed by atoms with E-state index in [0.29, 0.717) is 24.2 Å². The molecule has 1 N–H and O–H groups in total. The number of nitrogens with one attached hydrogen (secondary N) is 1. The molecule has 0 aliphatic carbocycles. The molecule has 2 amide bonds. The number of carbonyl (C=O) groups is 2. The molecule has 6 heteroatoms. The number of hydrogen-bond donors (Lipinski definition) is 1. The van der Waals surface area contributed by atoms with Gasteiger partial charge >= 0.3 is 0 Å². The lowest BCUT2D eigenvalue weighted by molar-refractivity contribution is 0.0698. The lowest BCUT2D eigenvalue weighted by Crippen LogP contribution is -2.46. The van der Waals surface area contributed by atoms with Gasteiger partial charge in [0.2, 0.25) is 0 Å². The summed E-state index contributed by atoms with van der Waals surface area (Å²) in [7, 11) is 0. The van der Waals surface area contributed by atoms with E-state index in [1.807, 2.05) is 84.6 Å². The standard InChI is InChI=1S/C27H27ClN2O2S/c1-19-4-2-3-5-25(19)26(31)29-23-14-16-30(17-15-23)27(32)21-8-6-20(7-9-21)18-33-24-12-10-22(28)11-13-24/h2-13,23H,14-18H2,1H3,(H,29,31). The quantitative estimate of drug-likeness (QED) is 0.443. The van der Waals surface area contributed by atoms with Gasteiger partial charge in [-0.3, -0.25) is 9.59 Å². The number of rotatable bonds is 6. The highest BCUT2D eigenvalue weighted by molar-refractivity contribution is 7.98. The number of nitrogens with zero attached hydrogens (tertiary/aromatic N) is 1. The fourth-order valence-electron chi connectivity index (χ4n) is 3.94. The van der Waals surface area contributed by atoms with Crippen LogP contribution in [-0.2, 0) is 5.75 Å². The van der Waals surface area contributed by atoms with Gasteiger partial charge in [0.1, 0.15) is 0 Å². The zero-order valence-electron chi connectivity index (χ0n) is 18.6. The Hall–Kier alpha value is -2.76. The minimum atomic E-state index is -0.0371. The average molecular weight is 479 g/mol. The number of benzene rings is 3. The van der Waals surface area contributed by atoms with Crippen LogP contribution >= 0.6 is 23.4 Å². The van der Waals surface area contributed by atoms with Gasteiger partial charge in [-0.15, -0.1) is 11.8 Å². The van der Waals surface area contributed by atoms with Gasteiger partial charge in [-0.25, -0.2) is 0 Å². The second kappa shape index (κ2) is 10.9. The van der Waals surface area contributed by atoms with Crippen molar-refractivity contribution >= 4 is 35.2 Å². The van der Waals surface area contributed by atoms with Crippen LogP contribution in [0.15, 0.2) is 77.7 Å². The van der Waals surface area contributed by atoms with Crippen LogP contribution in [0, 0.1) is 6.92 Å². The molecule has 4 nitrogen and oxygen atoms in total. The predicted molar refractivity (Wildman–Crippen MR) is 135 cm³/mol. The highest BCUT2D eigenvalue weighted by Crippen LogP contribution is 2.25. The molecule has 4 rings (SSSR count). The van der Waals surface area contributed by atoms with Crippen molar-refractivity contribution in [3.05, 3.63) is 100 Å². The molecule has 1 aliphatic heterocycles. The van der Waals surface area contributed by atoms with E-state index in [0.717, 1.165) is 34.1 Å². The fourth-order valence-corrected chi connectivity index (χ4v) is 4.92. The van der Waals surface area contributed by atoms with Gasteiger partial charge in [-0.05, 0) is 73.4 Å². The van der Waals surface area contributed by atoms with Crippen LogP contribution in [0.5, 0.6) is 0 Å². The number of hydrogen-bond acceptors (Lipinski definition) is 3. The first-order chi connectivity index (χ1) is 16.0. The normalized spacial score (nSPS) is 14.2. The van der Waals surface area contributed by atoms with Crippen LogP contribution in [0.2, 0.25) is 5.02 Å². The molecule has 170 valence electrons. The molecule has 1 saturated heterocycles. The lowest BCUT2D eigenvalue weighted by Gasteiger charge is -2.32. The lowest BCUT2D eigenvalue weighted by atomic mass is 10.0. The van der Waals surface area contributed by atoms with Crippen molar-refractivity contribution in [2.75, 3.05) is 13.1 Å². The summed E-state index contributed by atoms with van der Waals surface area (Å²) in [5, 5.41) is 3.86. The summed E-state index contributed by atoms with van der Waals surface area (Å²) in [6.45, 7) is 3.23. The maximum Gasteiger partial charge on any atom is 0.253 e. The smallest absolute Gasteiger partial charge is 0.253 e. The monoisotopic (exact) mass is 478 g/mol. The summed E-state index contributed by atoms with van der Waals surface area (Å²) >= 11 is 7.68. The first-order valence-corrected chi connectivity index (χ1v) is 12.5. The average Bonchev–Trinajstić information content (AvgIpc) is 2.84. The molecule has 0 aromatic heterocycles. The van der Waals surface area contributed by atoms with Gasteiger partial charge in [-0.1, -0.05) is 41.9 Å². The second-order valence-electron chi connectivity index (χ2n) is 8.29. The third-order valence-electron chi connectivity index (χ3n) is 5.93. The molecule has 3 aromatic rings. The molecule has 1 heterocycles. The van der Waals surface area contributed by atoms with Gasteiger partial charge < -0.3 is 10.2 Å². The largest absolute Gasteiger partial charge is 0.349 e. The second-order valence-corrected chi connectivity index (χ2v) is 9.78. The zero-order valence-corrected chi connectivity index (χ0v) is 20.2. The van der Waals surface area contributed by atoms with E-state index in [9.17, 15) is 9.59 Å². The Kier molecular flexibility index (Phi) is 7.73. The molecule has 0 atom stereocenters. The summed E-state index contributed by atoms with van der Waals surface area (Å²) in [4.78, 5) is 28.5. The summed E-state index contributed by atoms with van der Waals surface area (Å²) < 4.78 is 0. The number of likely N-dealkylation sites (tertiary alicyclic amines) is 1. The zero-order chi connectivity index (χ0) is 23.2. The number of carbonyl (C=O) groups excluding carboxylic acids is 2. The SMILES string of the molecule is Cc1ccccc1C(=O)NC1CCN(C(=O)c2ccc(CSc3ccc(Cl)cc3)cc2)CC1. The molecule has 33 heavy (non-hydrogen) atoms. The highest BCUT2D eigenvalue weighted by atomic mass is 35.5. The van der Waals surface area contributed by atoms with Crippen molar-refractivity contribution in [2.45, 2.75) is 36.5 Å². The van der Waals surface area contributed by atoms with Crippen LogP contribution < -0.4 is 5.32 Å². The Morgan fingerprint density at radius 3 is 2.30 bits per heavy atom. The molecule has 0 unspecified atom stereocenters. The van der Waals surface area contributed by atoms with Gasteiger partial charge in [0, 0.05) is 45.9 Å². The predicted octanol–water partition coefficient (Wildman–Crippen LogP) is 5.98. The van der Waals surface area contributed by atoms with Gasteiger partial charge in [0.15, 0.2) is 0 Å². The van der Waals surface area contributed by atoms with E-state index in [4.69, 9.17) is 11.6 Å². The first-order valence-electron chi connectivity index (χ1n) is 11.1. The van der Waals surface area contributed by atoms with Crippen molar-refractivity contribution in [2.24, 2.45) is 0 Å². The Morgan fingerprint density at radius 1 is 0.970 bits per heavy atom. The van der Waals surface area contributed by atoms with Crippen LogP contribution in [-0.4, -0.2) is 35.8 Å². The highest BCUT2D eigenvalue weighted by Gasteiger charge is 2.25. The molecule has 0 radical (unpaired) electrons. The van der Waals surface area contributed by atoms with E-state index in [1.54, 1.807) is 11.8 Å². The third-order valence-corrected chi connectivity index (χ3v) is 7.26. The number of amides is 2.